The van der Waals surface area contributed by atoms with Crippen LogP contribution in [0.1, 0.15) is 13.8 Å². The first kappa shape index (κ1) is 10.6. The van der Waals surface area contributed by atoms with Crippen molar-refractivity contribution in [1.82, 2.24) is 4.90 Å². The van der Waals surface area contributed by atoms with Gasteiger partial charge in [0.2, 0.25) is 0 Å². The largest absolute Gasteiger partial charge is 0.395 e. The second-order valence-corrected chi connectivity index (χ2v) is 3.44. The quantitative estimate of drug-likeness (QED) is 0.656. The number of ether oxygens (including phenoxy) is 1. The van der Waals surface area contributed by atoms with E-state index in [1.54, 1.807) is 6.92 Å². The fourth-order valence-corrected chi connectivity index (χ4v) is 1.57. The van der Waals surface area contributed by atoms with Crippen LogP contribution in [-0.2, 0) is 9.53 Å². The smallest absolute Gasteiger partial charge is 0.146 e. The number of aliphatic hydroxyl groups excluding tert-OH is 1. The Morgan fingerprint density at radius 3 is 3.00 bits per heavy atom. The summed E-state index contributed by atoms with van der Waals surface area (Å²) < 4.78 is 5.22. The number of Topliss-reactive ketones (excluding diaryl/α,β-unsaturated/α-hetero) is 1. The number of hydrogen-bond donors (Lipinski definition) is 1. The highest BCUT2D eigenvalue weighted by Crippen LogP contribution is 2.11. The van der Waals surface area contributed by atoms with Crippen LogP contribution in [0.5, 0.6) is 0 Å². The number of hydrogen-bond acceptors (Lipinski definition) is 4. The number of rotatable bonds is 3. The third-order valence-electron chi connectivity index (χ3n) is 2.57. The SMILES string of the molecule is CC(=O)C(C)N1CCOCC1CO. The van der Waals surface area contributed by atoms with Gasteiger partial charge in [-0.2, -0.15) is 0 Å². The summed E-state index contributed by atoms with van der Waals surface area (Å²) in [5.41, 5.74) is 0. The van der Waals surface area contributed by atoms with Gasteiger partial charge in [-0.05, 0) is 13.8 Å². The first-order valence-corrected chi connectivity index (χ1v) is 4.61. The zero-order chi connectivity index (χ0) is 9.84. The van der Waals surface area contributed by atoms with E-state index in [2.05, 4.69) is 0 Å². The highest BCUT2D eigenvalue weighted by atomic mass is 16.5. The van der Waals surface area contributed by atoms with E-state index in [0.717, 1.165) is 6.54 Å². The molecule has 1 saturated heterocycles. The standard InChI is InChI=1S/C9H17NO3/c1-7(8(2)12)10-3-4-13-6-9(10)5-11/h7,9,11H,3-6H2,1-2H3. The monoisotopic (exact) mass is 187 g/mol. The number of carbonyl (C=O) groups is 1. The summed E-state index contributed by atoms with van der Waals surface area (Å²) in [5, 5.41) is 9.06. The van der Waals surface area contributed by atoms with Crippen molar-refractivity contribution >= 4 is 5.78 Å². The van der Waals surface area contributed by atoms with Crippen LogP contribution in [0.25, 0.3) is 0 Å². The molecular formula is C9H17NO3. The van der Waals surface area contributed by atoms with Crippen LogP contribution in [0.3, 0.4) is 0 Å². The van der Waals surface area contributed by atoms with E-state index in [9.17, 15) is 4.79 Å². The fourth-order valence-electron chi connectivity index (χ4n) is 1.57. The number of carbonyl (C=O) groups excluding carboxylic acids is 1. The number of ketones is 1. The molecule has 4 nitrogen and oxygen atoms in total. The maximum Gasteiger partial charge on any atom is 0.146 e. The number of aliphatic hydroxyl groups is 1. The van der Waals surface area contributed by atoms with E-state index in [0.29, 0.717) is 13.2 Å². The maximum absolute atomic E-state index is 11.1. The van der Waals surface area contributed by atoms with Crippen LogP contribution in [0.15, 0.2) is 0 Å². The van der Waals surface area contributed by atoms with Crippen molar-refractivity contribution in [2.75, 3.05) is 26.4 Å². The van der Waals surface area contributed by atoms with Gasteiger partial charge in [0.25, 0.3) is 0 Å². The molecule has 0 amide bonds. The lowest BCUT2D eigenvalue weighted by Crippen LogP contribution is -2.53. The summed E-state index contributed by atoms with van der Waals surface area (Å²) in [6.07, 6.45) is 0. The molecule has 0 aliphatic carbocycles. The molecule has 1 rings (SSSR count). The Hall–Kier alpha value is -0.450. The average Bonchev–Trinajstić information content (AvgIpc) is 2.16. The van der Waals surface area contributed by atoms with Crippen molar-refractivity contribution in [2.24, 2.45) is 0 Å². The molecule has 0 saturated carbocycles. The van der Waals surface area contributed by atoms with Crippen LogP contribution < -0.4 is 0 Å². The zero-order valence-electron chi connectivity index (χ0n) is 8.19. The van der Waals surface area contributed by atoms with Gasteiger partial charge >= 0.3 is 0 Å². The molecule has 2 unspecified atom stereocenters. The summed E-state index contributed by atoms with van der Waals surface area (Å²) >= 11 is 0. The average molecular weight is 187 g/mol. The maximum atomic E-state index is 11.1. The molecule has 0 bridgehead atoms. The Labute approximate surface area is 78.5 Å². The molecule has 4 heteroatoms. The minimum atomic E-state index is -0.110. The highest BCUT2D eigenvalue weighted by molar-refractivity contribution is 5.81. The minimum Gasteiger partial charge on any atom is -0.395 e. The van der Waals surface area contributed by atoms with Crippen LogP contribution >= 0.6 is 0 Å². The summed E-state index contributed by atoms with van der Waals surface area (Å²) in [6.45, 7) is 5.40. The van der Waals surface area contributed by atoms with Crippen molar-refractivity contribution < 1.29 is 14.6 Å². The Balaban J connectivity index is 2.58. The fraction of sp³-hybridized carbons (Fsp3) is 0.889. The Morgan fingerprint density at radius 1 is 1.77 bits per heavy atom. The molecule has 76 valence electrons. The van der Waals surface area contributed by atoms with Crippen molar-refractivity contribution in [3.05, 3.63) is 0 Å². The molecule has 1 aliphatic rings. The van der Waals surface area contributed by atoms with Gasteiger partial charge in [0, 0.05) is 6.54 Å². The Kier molecular flexibility index (Phi) is 3.84. The van der Waals surface area contributed by atoms with Gasteiger partial charge in [-0.3, -0.25) is 9.69 Å². The minimum absolute atomic E-state index is 0.0207. The predicted octanol–water partition coefficient (Wildman–Crippen LogP) is -0.343. The molecule has 0 radical (unpaired) electrons. The first-order valence-electron chi connectivity index (χ1n) is 4.61. The second-order valence-electron chi connectivity index (χ2n) is 3.44. The van der Waals surface area contributed by atoms with E-state index in [1.165, 1.54) is 0 Å². The van der Waals surface area contributed by atoms with E-state index in [1.807, 2.05) is 11.8 Å². The van der Waals surface area contributed by atoms with Crippen LogP contribution in [0, 0.1) is 0 Å². The second kappa shape index (κ2) is 4.69. The molecular weight excluding hydrogens is 170 g/mol. The Bertz CT molecular complexity index is 184. The predicted molar refractivity (Wildman–Crippen MR) is 48.5 cm³/mol. The molecule has 2 atom stereocenters. The lowest BCUT2D eigenvalue weighted by Gasteiger charge is -2.37. The lowest BCUT2D eigenvalue weighted by atomic mass is 10.1. The molecule has 0 aromatic carbocycles. The van der Waals surface area contributed by atoms with Crippen LogP contribution in [0.4, 0.5) is 0 Å². The van der Waals surface area contributed by atoms with Gasteiger partial charge in [0.05, 0.1) is 31.9 Å². The third kappa shape index (κ3) is 2.49. The molecule has 13 heavy (non-hydrogen) atoms. The van der Waals surface area contributed by atoms with Crippen molar-refractivity contribution in [2.45, 2.75) is 25.9 Å². The van der Waals surface area contributed by atoms with E-state index >= 15 is 0 Å². The molecule has 1 heterocycles. The van der Waals surface area contributed by atoms with Crippen molar-refractivity contribution in [3.8, 4) is 0 Å². The summed E-state index contributed by atoms with van der Waals surface area (Å²) in [4.78, 5) is 13.1. The summed E-state index contributed by atoms with van der Waals surface area (Å²) in [5.74, 6) is 0.139. The van der Waals surface area contributed by atoms with Crippen LogP contribution in [-0.4, -0.2) is 54.2 Å². The molecule has 0 spiro atoms. The Morgan fingerprint density at radius 2 is 2.46 bits per heavy atom. The number of morpholine rings is 1. The number of nitrogens with zero attached hydrogens (tertiary/aromatic N) is 1. The first-order chi connectivity index (χ1) is 6.16. The summed E-state index contributed by atoms with van der Waals surface area (Å²) in [7, 11) is 0. The van der Waals surface area contributed by atoms with Gasteiger partial charge < -0.3 is 9.84 Å². The molecule has 1 fully saturated rings. The lowest BCUT2D eigenvalue weighted by molar-refractivity contribution is -0.126. The van der Waals surface area contributed by atoms with Gasteiger partial charge in [-0.25, -0.2) is 0 Å². The summed E-state index contributed by atoms with van der Waals surface area (Å²) in [6, 6.07) is -0.131. The molecule has 1 aliphatic heterocycles. The molecule has 1 N–H and O–H groups in total. The van der Waals surface area contributed by atoms with Crippen molar-refractivity contribution in [3.63, 3.8) is 0 Å². The van der Waals surface area contributed by atoms with Crippen LogP contribution in [0.2, 0.25) is 0 Å². The topological polar surface area (TPSA) is 49.8 Å². The highest BCUT2D eigenvalue weighted by Gasteiger charge is 2.28. The molecule has 0 aromatic rings. The van der Waals surface area contributed by atoms with Gasteiger partial charge in [0.15, 0.2) is 0 Å². The third-order valence-corrected chi connectivity index (χ3v) is 2.57. The molecule has 0 aromatic heterocycles. The van der Waals surface area contributed by atoms with Gasteiger partial charge in [0.1, 0.15) is 5.78 Å². The van der Waals surface area contributed by atoms with Gasteiger partial charge in [-0.1, -0.05) is 0 Å². The van der Waals surface area contributed by atoms with Gasteiger partial charge in [-0.15, -0.1) is 0 Å². The van der Waals surface area contributed by atoms with E-state index < -0.39 is 0 Å². The normalized spacial score (nSPS) is 27.2. The zero-order valence-corrected chi connectivity index (χ0v) is 8.19. The van der Waals surface area contributed by atoms with E-state index in [-0.39, 0.29) is 24.5 Å². The van der Waals surface area contributed by atoms with Crippen molar-refractivity contribution in [1.29, 1.82) is 0 Å². The van der Waals surface area contributed by atoms with E-state index in [4.69, 9.17) is 9.84 Å².